The highest BCUT2D eigenvalue weighted by atomic mass is 32.2. The predicted octanol–water partition coefficient (Wildman–Crippen LogP) is 2.16. The Hall–Kier alpha value is -2.53. The highest BCUT2D eigenvalue weighted by Gasteiger charge is 2.19. The molecule has 0 aliphatic carbocycles. The zero-order chi connectivity index (χ0) is 19.7. The third-order valence-corrected chi connectivity index (χ3v) is 5.52. The second-order valence-corrected chi connectivity index (χ2v) is 9.26. The van der Waals surface area contributed by atoms with Gasteiger partial charge in [-0.3, -0.25) is 9.44 Å². The van der Waals surface area contributed by atoms with E-state index >= 15 is 0 Å². The van der Waals surface area contributed by atoms with Gasteiger partial charge in [-0.2, -0.15) is 0 Å². The lowest BCUT2D eigenvalue weighted by Gasteiger charge is -2.12. The minimum Gasteiger partial charge on any atom is -0.490 e. The van der Waals surface area contributed by atoms with Crippen LogP contribution in [-0.2, 0) is 20.0 Å². The molecule has 27 heavy (non-hydrogen) atoms. The summed E-state index contributed by atoms with van der Waals surface area (Å²) in [4.78, 5) is -0.355. The molecule has 11 heteroatoms. The molecule has 2 N–H and O–H groups in total. The SMILES string of the molecule is CS(=O)(=O)Nc1ccc(S(=O)(=O)Nc2ccc3c(c2)OCCCO3)cc1F. The van der Waals surface area contributed by atoms with Crippen LogP contribution in [0.1, 0.15) is 6.42 Å². The first-order valence-electron chi connectivity index (χ1n) is 7.84. The molecule has 0 aromatic heterocycles. The van der Waals surface area contributed by atoms with Gasteiger partial charge in [-0.1, -0.05) is 0 Å². The second kappa shape index (κ2) is 7.24. The minimum absolute atomic E-state index is 0.220. The summed E-state index contributed by atoms with van der Waals surface area (Å²) in [6, 6.07) is 7.44. The van der Waals surface area contributed by atoms with Crippen LogP contribution in [-0.4, -0.2) is 36.3 Å². The smallest absolute Gasteiger partial charge is 0.262 e. The fourth-order valence-electron chi connectivity index (χ4n) is 2.39. The molecule has 146 valence electrons. The number of fused-ring (bicyclic) bond motifs is 1. The van der Waals surface area contributed by atoms with Crippen molar-refractivity contribution in [3.8, 4) is 11.5 Å². The number of anilines is 2. The summed E-state index contributed by atoms with van der Waals surface area (Å²) in [5, 5.41) is 0. The molecule has 0 radical (unpaired) electrons. The van der Waals surface area contributed by atoms with Gasteiger partial charge in [-0.05, 0) is 30.3 Å². The van der Waals surface area contributed by atoms with Gasteiger partial charge in [0.2, 0.25) is 10.0 Å². The quantitative estimate of drug-likeness (QED) is 0.773. The molecule has 0 bridgehead atoms. The average molecular weight is 416 g/mol. The molecule has 1 heterocycles. The summed E-state index contributed by atoms with van der Waals surface area (Å²) >= 11 is 0. The molecular weight excluding hydrogens is 399 g/mol. The van der Waals surface area contributed by atoms with E-state index in [1.54, 1.807) is 6.07 Å². The fourth-order valence-corrected chi connectivity index (χ4v) is 4.01. The van der Waals surface area contributed by atoms with Gasteiger partial charge < -0.3 is 9.47 Å². The highest BCUT2D eigenvalue weighted by Crippen LogP contribution is 2.33. The summed E-state index contributed by atoms with van der Waals surface area (Å²) in [6.07, 6.45) is 1.58. The predicted molar refractivity (Wildman–Crippen MR) is 97.7 cm³/mol. The zero-order valence-corrected chi connectivity index (χ0v) is 15.9. The fraction of sp³-hybridized carbons (Fsp3) is 0.250. The number of hydrogen-bond acceptors (Lipinski definition) is 6. The van der Waals surface area contributed by atoms with Crippen molar-refractivity contribution in [2.75, 3.05) is 28.9 Å². The Kier molecular flexibility index (Phi) is 5.16. The number of halogens is 1. The number of rotatable bonds is 5. The molecule has 0 saturated heterocycles. The normalized spacial score (nSPS) is 14.3. The first kappa shape index (κ1) is 19.2. The molecule has 0 fully saturated rings. The lowest BCUT2D eigenvalue weighted by molar-refractivity contribution is 0.297. The lowest BCUT2D eigenvalue weighted by Crippen LogP contribution is -2.15. The van der Waals surface area contributed by atoms with E-state index in [0.717, 1.165) is 24.5 Å². The van der Waals surface area contributed by atoms with Crippen LogP contribution >= 0.6 is 0 Å². The van der Waals surface area contributed by atoms with Crippen molar-refractivity contribution in [2.45, 2.75) is 11.3 Å². The monoisotopic (exact) mass is 416 g/mol. The van der Waals surface area contributed by atoms with E-state index < -0.39 is 25.9 Å². The molecule has 0 amide bonds. The molecule has 0 saturated carbocycles. The zero-order valence-electron chi connectivity index (χ0n) is 14.2. The van der Waals surface area contributed by atoms with Crippen LogP contribution < -0.4 is 18.9 Å². The molecule has 3 rings (SSSR count). The average Bonchev–Trinajstić information content (AvgIpc) is 2.80. The lowest BCUT2D eigenvalue weighted by atomic mass is 10.3. The van der Waals surface area contributed by atoms with Crippen LogP contribution in [0.5, 0.6) is 11.5 Å². The largest absolute Gasteiger partial charge is 0.490 e. The highest BCUT2D eigenvalue weighted by molar-refractivity contribution is 7.92. The maximum atomic E-state index is 14.1. The molecule has 0 unspecified atom stereocenters. The van der Waals surface area contributed by atoms with Gasteiger partial charge in [0.25, 0.3) is 10.0 Å². The summed E-state index contributed by atoms with van der Waals surface area (Å²) in [5.74, 6) is -0.0914. The van der Waals surface area contributed by atoms with Gasteiger partial charge in [-0.25, -0.2) is 21.2 Å². The number of nitrogens with one attached hydrogen (secondary N) is 2. The van der Waals surface area contributed by atoms with Gasteiger partial charge in [0.05, 0.1) is 35.7 Å². The molecule has 8 nitrogen and oxygen atoms in total. The van der Waals surface area contributed by atoms with Crippen molar-refractivity contribution >= 4 is 31.4 Å². The summed E-state index contributed by atoms with van der Waals surface area (Å²) in [6.45, 7) is 0.953. The molecule has 0 atom stereocenters. The van der Waals surface area contributed by atoms with E-state index in [4.69, 9.17) is 9.47 Å². The second-order valence-electron chi connectivity index (χ2n) is 5.83. The molecular formula is C16H17FN2O6S2. The van der Waals surface area contributed by atoms with Crippen molar-refractivity contribution in [2.24, 2.45) is 0 Å². The van der Waals surface area contributed by atoms with Gasteiger partial charge in [-0.15, -0.1) is 0 Å². The maximum absolute atomic E-state index is 14.1. The molecule has 2 aromatic carbocycles. The summed E-state index contributed by atoms with van der Waals surface area (Å²) < 4.78 is 76.7. The van der Waals surface area contributed by atoms with E-state index in [-0.39, 0.29) is 16.3 Å². The molecule has 1 aliphatic heterocycles. The first-order valence-corrected chi connectivity index (χ1v) is 11.2. The third kappa shape index (κ3) is 4.80. The van der Waals surface area contributed by atoms with E-state index in [9.17, 15) is 21.2 Å². The number of benzene rings is 2. The van der Waals surface area contributed by atoms with Crippen molar-refractivity contribution in [3.63, 3.8) is 0 Å². The third-order valence-electron chi connectivity index (χ3n) is 3.55. The maximum Gasteiger partial charge on any atom is 0.262 e. The van der Waals surface area contributed by atoms with Crippen LogP contribution in [0.4, 0.5) is 15.8 Å². The van der Waals surface area contributed by atoms with Crippen LogP contribution in [0.3, 0.4) is 0 Å². The van der Waals surface area contributed by atoms with Gasteiger partial charge in [0.15, 0.2) is 11.5 Å². The van der Waals surface area contributed by atoms with E-state index in [2.05, 4.69) is 4.72 Å². The van der Waals surface area contributed by atoms with Crippen LogP contribution in [0.2, 0.25) is 0 Å². The van der Waals surface area contributed by atoms with Crippen LogP contribution in [0, 0.1) is 5.82 Å². The van der Waals surface area contributed by atoms with Gasteiger partial charge in [0, 0.05) is 12.5 Å². The number of hydrogen-bond donors (Lipinski definition) is 2. The summed E-state index contributed by atoms with van der Waals surface area (Å²) in [7, 11) is -7.78. The number of ether oxygens (including phenoxy) is 2. The standard InChI is InChI=1S/C16H17FN2O6S2/c1-26(20,21)19-14-5-4-12(10-13(14)17)27(22,23)18-11-3-6-15-16(9-11)25-8-2-7-24-15/h3-6,9-10,18-19H,2,7-8H2,1H3. The van der Waals surface area contributed by atoms with Crippen molar-refractivity contribution < 1.29 is 30.7 Å². The van der Waals surface area contributed by atoms with Crippen molar-refractivity contribution in [1.29, 1.82) is 0 Å². The Morgan fingerprint density at radius 2 is 1.63 bits per heavy atom. The Bertz CT molecular complexity index is 1070. The minimum atomic E-state index is -4.10. The molecule has 0 spiro atoms. The van der Waals surface area contributed by atoms with Crippen LogP contribution in [0.25, 0.3) is 0 Å². The van der Waals surface area contributed by atoms with E-state index in [1.165, 1.54) is 12.1 Å². The molecule has 1 aliphatic rings. The Balaban J connectivity index is 1.85. The Morgan fingerprint density at radius 1 is 0.926 bits per heavy atom. The Labute approximate surface area is 156 Å². The van der Waals surface area contributed by atoms with E-state index in [0.29, 0.717) is 31.1 Å². The number of sulfonamides is 2. The van der Waals surface area contributed by atoms with E-state index in [1.807, 2.05) is 4.72 Å². The Morgan fingerprint density at radius 3 is 2.30 bits per heavy atom. The summed E-state index contributed by atoms with van der Waals surface area (Å²) in [5.41, 5.74) is -0.120. The topological polar surface area (TPSA) is 111 Å². The van der Waals surface area contributed by atoms with Crippen molar-refractivity contribution in [3.05, 3.63) is 42.2 Å². The first-order chi connectivity index (χ1) is 12.6. The van der Waals surface area contributed by atoms with Crippen molar-refractivity contribution in [1.82, 2.24) is 0 Å². The molecule has 2 aromatic rings. The van der Waals surface area contributed by atoms with Gasteiger partial charge in [0.1, 0.15) is 5.82 Å². The van der Waals surface area contributed by atoms with Gasteiger partial charge >= 0.3 is 0 Å². The van der Waals surface area contributed by atoms with Crippen LogP contribution in [0.15, 0.2) is 41.3 Å².